The van der Waals surface area contributed by atoms with Gasteiger partial charge in [0.05, 0.1) is 18.9 Å². The Morgan fingerprint density at radius 2 is 2.06 bits per heavy atom. The quantitative estimate of drug-likeness (QED) is 0.576. The highest BCUT2D eigenvalue weighted by Gasteiger charge is 2.71. The van der Waals surface area contributed by atoms with Crippen molar-refractivity contribution in [1.29, 1.82) is 0 Å². The van der Waals surface area contributed by atoms with Crippen LogP contribution in [0.4, 0.5) is 13.2 Å². The fourth-order valence-corrected chi connectivity index (χ4v) is 5.14. The van der Waals surface area contributed by atoms with Gasteiger partial charge >= 0.3 is 12.4 Å². The van der Waals surface area contributed by atoms with Crippen molar-refractivity contribution < 1.29 is 41.7 Å². The van der Waals surface area contributed by atoms with Gasteiger partial charge in [-0.3, -0.25) is 9.53 Å². The highest BCUT2D eigenvalue weighted by Crippen LogP contribution is 2.68. The van der Waals surface area contributed by atoms with E-state index in [9.17, 15) is 23.1 Å². The van der Waals surface area contributed by atoms with Gasteiger partial charge in [0, 0.05) is 28.0 Å². The number of halogens is 4. The normalized spacial score (nSPS) is 29.8. The van der Waals surface area contributed by atoms with Crippen LogP contribution in [-0.2, 0) is 14.9 Å². The molecule has 2 atom stereocenters. The largest absolute Gasteiger partial charge is 0.522 e. The maximum absolute atomic E-state index is 12.8. The minimum atomic E-state index is -4.71. The number of aliphatic hydroxyl groups excluding tert-OH is 1. The third-order valence-electron chi connectivity index (χ3n) is 6.33. The summed E-state index contributed by atoms with van der Waals surface area (Å²) in [6.07, 6.45) is -2.97. The van der Waals surface area contributed by atoms with Crippen LogP contribution in [0, 0.1) is 0 Å². The molecule has 33 heavy (non-hydrogen) atoms. The number of ether oxygens (including phenoxy) is 3. The Kier molecular flexibility index (Phi) is 5.26. The van der Waals surface area contributed by atoms with Crippen molar-refractivity contribution in [3.05, 3.63) is 40.7 Å². The maximum atomic E-state index is 12.8. The van der Waals surface area contributed by atoms with E-state index < -0.39 is 25.2 Å². The number of carbonyl (C=O) groups excluding carboxylic acids is 1. The number of alkyl halides is 3. The summed E-state index contributed by atoms with van der Waals surface area (Å²) >= 11 is 5.96. The summed E-state index contributed by atoms with van der Waals surface area (Å²) in [5.41, 5.74) is -0.0925. The zero-order valence-electron chi connectivity index (χ0n) is 17.2. The van der Waals surface area contributed by atoms with Crippen LogP contribution in [0.2, 0.25) is 5.02 Å². The minimum absolute atomic E-state index is 0.123. The molecule has 1 aromatic heterocycles. The zero-order chi connectivity index (χ0) is 23.4. The molecule has 4 aliphatic rings. The van der Waals surface area contributed by atoms with Crippen LogP contribution in [-0.4, -0.2) is 47.2 Å². The predicted octanol–water partition coefficient (Wildman–Crippen LogP) is 3.42. The molecule has 2 bridgehead atoms. The molecule has 2 N–H and O–H groups in total. The molecule has 3 aliphatic carbocycles. The Hall–Kier alpha value is -2.50. The summed E-state index contributed by atoms with van der Waals surface area (Å²) in [4.78, 5) is 16.7. The van der Waals surface area contributed by atoms with Gasteiger partial charge in [-0.15, -0.1) is 13.2 Å². The molecule has 8 nitrogen and oxygen atoms in total. The molecule has 1 aromatic carbocycles. The number of hydrogen-bond donors (Lipinski definition) is 2. The van der Waals surface area contributed by atoms with Crippen LogP contribution in [0.15, 0.2) is 28.8 Å². The number of rotatable bonds is 7. The molecule has 0 saturated heterocycles. The van der Waals surface area contributed by atoms with Gasteiger partial charge in [-0.1, -0.05) is 11.6 Å². The Morgan fingerprint density at radius 3 is 2.79 bits per heavy atom. The Balaban J connectivity index is 1.12. The average Bonchev–Trinajstić information content (AvgIpc) is 3.15. The molecule has 1 amide bonds. The Bertz CT molecular complexity index is 1050. The van der Waals surface area contributed by atoms with Gasteiger partial charge in [0.1, 0.15) is 18.1 Å². The number of nitrogens with one attached hydrogen (secondary N) is 1. The van der Waals surface area contributed by atoms with Gasteiger partial charge in [-0.05, 0) is 37.5 Å². The fourth-order valence-electron chi connectivity index (χ4n) is 4.96. The number of aliphatic hydroxyl groups is 1. The van der Waals surface area contributed by atoms with Crippen LogP contribution in [0.5, 0.6) is 11.8 Å². The molecule has 12 heteroatoms. The Labute approximate surface area is 191 Å². The number of fused-ring (bicyclic) bond motifs is 1. The van der Waals surface area contributed by atoms with Crippen molar-refractivity contribution in [2.24, 2.45) is 0 Å². The summed E-state index contributed by atoms with van der Waals surface area (Å²) in [5.74, 6) is 0.705. The van der Waals surface area contributed by atoms with E-state index in [4.69, 9.17) is 25.5 Å². The third kappa shape index (κ3) is 4.24. The van der Waals surface area contributed by atoms with Crippen molar-refractivity contribution >= 4 is 17.5 Å². The number of amides is 1. The molecular formula is C21H20ClF3N2O6. The topological polar surface area (TPSA) is 103 Å². The predicted molar refractivity (Wildman–Crippen MR) is 106 cm³/mol. The van der Waals surface area contributed by atoms with Crippen LogP contribution in [0.25, 0.3) is 0 Å². The number of oxazole rings is 1. The van der Waals surface area contributed by atoms with Crippen LogP contribution < -0.4 is 14.8 Å². The number of nitrogens with zero attached hydrogens (tertiary/aromatic N) is 1. The Morgan fingerprint density at radius 1 is 1.30 bits per heavy atom. The summed E-state index contributed by atoms with van der Waals surface area (Å²) in [6, 6.07) is 4.89. The van der Waals surface area contributed by atoms with Crippen molar-refractivity contribution in [1.82, 2.24) is 10.3 Å². The number of carbonyl (C=O) groups is 1. The summed E-state index contributed by atoms with van der Waals surface area (Å²) in [7, 11) is 0. The first-order chi connectivity index (χ1) is 15.6. The molecule has 178 valence electrons. The number of benzene rings is 1. The lowest BCUT2D eigenvalue weighted by Gasteiger charge is -2.69. The molecule has 2 heterocycles. The van der Waals surface area contributed by atoms with Crippen molar-refractivity contribution in [2.45, 2.75) is 55.2 Å². The monoisotopic (exact) mass is 488 g/mol. The molecule has 6 rings (SSSR count). The van der Waals surface area contributed by atoms with E-state index in [2.05, 4.69) is 15.0 Å². The van der Waals surface area contributed by atoms with Crippen LogP contribution in [0.3, 0.4) is 0 Å². The lowest BCUT2D eigenvalue weighted by atomic mass is 9.38. The van der Waals surface area contributed by atoms with E-state index >= 15 is 0 Å². The highest BCUT2D eigenvalue weighted by molar-refractivity contribution is 6.30. The molecular weight excluding hydrogens is 469 g/mol. The maximum Gasteiger partial charge on any atom is 0.522 e. The van der Waals surface area contributed by atoms with Crippen molar-refractivity contribution in [3.63, 3.8) is 0 Å². The smallest absolute Gasteiger partial charge is 0.480 e. The van der Waals surface area contributed by atoms with E-state index in [1.54, 1.807) is 18.2 Å². The summed E-state index contributed by atoms with van der Waals surface area (Å²) in [5, 5.41) is 13.9. The van der Waals surface area contributed by atoms with E-state index in [0.717, 1.165) is 0 Å². The van der Waals surface area contributed by atoms with Crippen LogP contribution >= 0.6 is 11.6 Å². The highest BCUT2D eigenvalue weighted by atomic mass is 35.5. The van der Waals surface area contributed by atoms with E-state index in [-0.39, 0.29) is 36.0 Å². The number of aromatic nitrogens is 1. The number of hydrogen-bond acceptors (Lipinski definition) is 7. The van der Waals surface area contributed by atoms with Gasteiger partial charge in [0.15, 0.2) is 6.10 Å². The van der Waals surface area contributed by atoms with Gasteiger partial charge in [-0.2, -0.15) is 4.98 Å². The van der Waals surface area contributed by atoms with Gasteiger partial charge in [-0.25, -0.2) is 0 Å². The first kappa shape index (κ1) is 22.3. The second-order valence-corrected chi connectivity index (χ2v) is 9.19. The second kappa shape index (κ2) is 7.78. The molecule has 0 spiro atoms. The van der Waals surface area contributed by atoms with E-state index in [1.807, 2.05) is 0 Å². The van der Waals surface area contributed by atoms with Crippen LogP contribution in [0.1, 0.15) is 43.1 Å². The second-order valence-electron chi connectivity index (χ2n) is 8.75. The van der Waals surface area contributed by atoms with Crippen molar-refractivity contribution in [3.8, 4) is 11.8 Å². The van der Waals surface area contributed by atoms with Gasteiger partial charge in [0.25, 0.3) is 5.91 Å². The summed E-state index contributed by atoms with van der Waals surface area (Å²) < 4.78 is 55.9. The molecule has 3 saturated carbocycles. The molecule has 1 aliphatic heterocycles. The molecule has 3 fully saturated rings. The first-order valence-electron chi connectivity index (χ1n) is 10.3. The first-order valence-corrected chi connectivity index (χ1v) is 10.7. The molecule has 0 radical (unpaired) electrons. The lowest BCUT2D eigenvalue weighted by Crippen LogP contribution is -2.77. The van der Waals surface area contributed by atoms with Gasteiger partial charge in [0.2, 0.25) is 0 Å². The van der Waals surface area contributed by atoms with E-state index in [0.29, 0.717) is 41.4 Å². The third-order valence-corrected chi connectivity index (χ3v) is 6.57. The molecule has 0 unspecified atom stereocenters. The fraction of sp³-hybridized carbons (Fsp3) is 0.524. The standard InChI is InChI=1S/C21H20ClF3N2O6/c22-11-1-2-14-12(5-11)13(28)6-15(32-14)17(29)27-20-8-19(9-20,10-20)16-7-26-18(33-16)30-3-4-31-21(23,24)25/h1-2,5,7,13,15,28H,3-4,6,8-10H2,(H,27,29)/t13-,15-,19?,20?/m1/s1. The SMILES string of the molecule is O=C(NC12CC(c3cnc(OCCOC(F)(F)F)o3)(C1)C2)[C@H]1C[C@@H](O)c2cc(Cl)ccc2O1. The van der Waals surface area contributed by atoms with E-state index in [1.165, 1.54) is 6.20 Å². The lowest BCUT2D eigenvalue weighted by molar-refractivity contribution is -0.325. The molecule has 2 aromatic rings. The minimum Gasteiger partial charge on any atom is -0.480 e. The summed E-state index contributed by atoms with van der Waals surface area (Å²) in [6.45, 7) is -1.02. The average molecular weight is 489 g/mol. The van der Waals surface area contributed by atoms with Gasteiger partial charge < -0.3 is 24.3 Å². The van der Waals surface area contributed by atoms with Crippen molar-refractivity contribution in [2.75, 3.05) is 13.2 Å². The zero-order valence-corrected chi connectivity index (χ0v) is 17.9.